The molecule has 0 atom stereocenters. The molecule has 6 nitrogen and oxygen atoms in total. The smallest absolute Gasteiger partial charge is 0.321 e. The third-order valence-corrected chi connectivity index (χ3v) is 2.25. The highest BCUT2D eigenvalue weighted by atomic mass is 32.1. The van der Waals surface area contributed by atoms with Crippen LogP contribution in [0.4, 0.5) is 9.93 Å². The largest absolute Gasteiger partial charge is 0.481 e. The number of rotatable bonds is 4. The van der Waals surface area contributed by atoms with E-state index in [0.29, 0.717) is 17.4 Å². The lowest BCUT2D eigenvalue weighted by Gasteiger charge is -2.00. The number of urea groups is 1. The van der Waals surface area contributed by atoms with Crippen molar-refractivity contribution in [1.29, 1.82) is 0 Å². The van der Waals surface area contributed by atoms with Gasteiger partial charge in [0.1, 0.15) is 0 Å². The van der Waals surface area contributed by atoms with E-state index < -0.39 is 5.97 Å². The van der Waals surface area contributed by atoms with Crippen LogP contribution in [0, 0.1) is 0 Å². The molecule has 82 valence electrons. The quantitative estimate of drug-likeness (QED) is 0.715. The molecule has 0 radical (unpaired) electrons. The first-order valence-corrected chi connectivity index (χ1v) is 5.20. The Morgan fingerprint density at radius 2 is 2.33 bits per heavy atom. The van der Waals surface area contributed by atoms with Gasteiger partial charge in [-0.05, 0) is 6.92 Å². The summed E-state index contributed by atoms with van der Waals surface area (Å²) in [4.78, 5) is 25.4. The minimum atomic E-state index is -0.940. The summed E-state index contributed by atoms with van der Waals surface area (Å²) < 4.78 is 0. The fourth-order valence-electron chi connectivity index (χ4n) is 0.902. The molecule has 0 saturated heterocycles. The van der Waals surface area contributed by atoms with E-state index in [1.54, 1.807) is 12.3 Å². The van der Waals surface area contributed by atoms with Gasteiger partial charge in [0, 0.05) is 11.9 Å². The van der Waals surface area contributed by atoms with Crippen molar-refractivity contribution in [3.05, 3.63) is 11.1 Å². The molecule has 0 bridgehead atoms. The predicted octanol–water partition coefficient (Wildman–Crippen LogP) is 0.912. The molecule has 1 rings (SSSR count). The zero-order valence-electron chi connectivity index (χ0n) is 8.11. The Morgan fingerprint density at radius 1 is 1.60 bits per heavy atom. The van der Waals surface area contributed by atoms with E-state index in [9.17, 15) is 9.59 Å². The molecule has 0 aliphatic heterocycles. The van der Waals surface area contributed by atoms with Gasteiger partial charge in [-0.25, -0.2) is 9.78 Å². The van der Waals surface area contributed by atoms with E-state index in [-0.39, 0.29) is 12.5 Å². The van der Waals surface area contributed by atoms with Crippen LogP contribution in [0.5, 0.6) is 0 Å². The summed E-state index contributed by atoms with van der Waals surface area (Å²) in [6.07, 6.45) is -0.131. The Bertz CT molecular complexity index is 364. The van der Waals surface area contributed by atoms with Crippen LogP contribution in [0.3, 0.4) is 0 Å². The van der Waals surface area contributed by atoms with Gasteiger partial charge in [0.2, 0.25) is 0 Å². The fourth-order valence-corrected chi connectivity index (χ4v) is 1.61. The maximum absolute atomic E-state index is 11.1. The number of nitrogens with zero attached hydrogens (tertiary/aromatic N) is 1. The minimum absolute atomic E-state index is 0.131. The molecule has 0 saturated carbocycles. The average molecular weight is 229 g/mol. The number of carboxylic acid groups (broad SMARTS) is 1. The van der Waals surface area contributed by atoms with E-state index >= 15 is 0 Å². The summed E-state index contributed by atoms with van der Waals surface area (Å²) in [5.41, 5.74) is 0.444. The predicted molar refractivity (Wildman–Crippen MR) is 56.1 cm³/mol. The van der Waals surface area contributed by atoms with Crippen LogP contribution in [-0.4, -0.2) is 28.6 Å². The molecule has 0 aliphatic rings. The number of nitrogens with one attached hydrogen (secondary N) is 2. The summed E-state index contributed by atoms with van der Waals surface area (Å²) >= 11 is 1.20. The van der Waals surface area contributed by atoms with E-state index in [0.717, 1.165) is 0 Å². The molecule has 0 unspecified atom stereocenters. The number of carbonyl (C=O) groups excluding carboxylic acids is 1. The van der Waals surface area contributed by atoms with Gasteiger partial charge >= 0.3 is 12.0 Å². The summed E-state index contributed by atoms with van der Waals surface area (Å²) in [7, 11) is 0. The Labute approximate surface area is 90.3 Å². The van der Waals surface area contributed by atoms with Crippen molar-refractivity contribution in [2.75, 3.05) is 11.9 Å². The van der Waals surface area contributed by atoms with Crippen molar-refractivity contribution < 1.29 is 14.7 Å². The molecular formula is C8H11N3O3S. The highest BCUT2D eigenvalue weighted by Crippen LogP contribution is 2.15. The maximum atomic E-state index is 11.1. The molecule has 1 heterocycles. The molecule has 15 heavy (non-hydrogen) atoms. The molecule has 1 aromatic heterocycles. The second kappa shape index (κ2) is 5.30. The van der Waals surface area contributed by atoms with Gasteiger partial charge in [-0.1, -0.05) is 0 Å². The number of carbonyl (C=O) groups is 2. The van der Waals surface area contributed by atoms with Gasteiger partial charge in [0.05, 0.1) is 12.1 Å². The van der Waals surface area contributed by atoms with Crippen molar-refractivity contribution >= 4 is 28.5 Å². The lowest BCUT2D eigenvalue weighted by atomic mass is 10.3. The van der Waals surface area contributed by atoms with Crippen LogP contribution < -0.4 is 10.6 Å². The number of carboxylic acids is 1. The molecular weight excluding hydrogens is 218 g/mol. The molecule has 2 amide bonds. The number of hydrogen-bond acceptors (Lipinski definition) is 4. The van der Waals surface area contributed by atoms with E-state index in [2.05, 4.69) is 15.6 Å². The summed E-state index contributed by atoms with van der Waals surface area (Å²) in [5.74, 6) is -0.940. The molecule has 1 aromatic rings. The first kappa shape index (κ1) is 11.4. The lowest BCUT2D eigenvalue weighted by molar-refractivity contribution is -0.136. The average Bonchev–Trinajstić information content (AvgIpc) is 2.51. The highest BCUT2D eigenvalue weighted by molar-refractivity contribution is 7.13. The first-order valence-electron chi connectivity index (χ1n) is 4.33. The van der Waals surface area contributed by atoms with E-state index in [1.807, 2.05) is 0 Å². The van der Waals surface area contributed by atoms with Crippen molar-refractivity contribution in [3.8, 4) is 0 Å². The molecule has 0 fully saturated rings. The summed E-state index contributed by atoms with van der Waals surface area (Å²) in [5, 5.41) is 15.6. The van der Waals surface area contributed by atoms with Gasteiger partial charge in [0.15, 0.2) is 5.13 Å². The number of anilines is 1. The first-order chi connectivity index (χ1) is 7.11. The molecule has 0 spiro atoms. The highest BCUT2D eigenvalue weighted by Gasteiger charge is 2.07. The number of aromatic nitrogens is 1. The van der Waals surface area contributed by atoms with Crippen LogP contribution >= 0.6 is 11.3 Å². The normalized spacial score (nSPS) is 9.67. The fraction of sp³-hybridized carbons (Fsp3) is 0.375. The SMILES string of the molecule is CCNC(=O)Nc1nc(CC(=O)O)cs1. The third kappa shape index (κ3) is 3.94. The Balaban J connectivity index is 2.52. The van der Waals surface area contributed by atoms with Crippen LogP contribution in [-0.2, 0) is 11.2 Å². The van der Waals surface area contributed by atoms with Gasteiger partial charge in [0.25, 0.3) is 0 Å². The number of amides is 2. The van der Waals surface area contributed by atoms with Gasteiger partial charge in [-0.2, -0.15) is 0 Å². The number of aliphatic carboxylic acids is 1. The van der Waals surface area contributed by atoms with Gasteiger partial charge in [-0.15, -0.1) is 11.3 Å². The zero-order chi connectivity index (χ0) is 11.3. The van der Waals surface area contributed by atoms with Crippen molar-refractivity contribution in [2.45, 2.75) is 13.3 Å². The summed E-state index contributed by atoms with van der Waals surface area (Å²) in [6, 6.07) is -0.339. The molecule has 0 aliphatic carbocycles. The second-order valence-electron chi connectivity index (χ2n) is 2.70. The third-order valence-electron chi connectivity index (χ3n) is 1.44. The number of thiazole rings is 1. The maximum Gasteiger partial charge on any atom is 0.321 e. The molecule has 7 heteroatoms. The number of hydrogen-bond donors (Lipinski definition) is 3. The standard InChI is InChI=1S/C8H11N3O3S/c1-2-9-7(14)11-8-10-5(4-15-8)3-6(12)13/h4H,2-3H2,1H3,(H,12,13)(H2,9,10,11,14). The zero-order valence-corrected chi connectivity index (χ0v) is 8.93. The van der Waals surface area contributed by atoms with Gasteiger partial charge < -0.3 is 10.4 Å². The van der Waals surface area contributed by atoms with Gasteiger partial charge in [-0.3, -0.25) is 10.1 Å². The summed E-state index contributed by atoms with van der Waals surface area (Å²) in [6.45, 7) is 2.33. The van der Waals surface area contributed by atoms with E-state index in [1.165, 1.54) is 11.3 Å². The van der Waals surface area contributed by atoms with Crippen molar-refractivity contribution in [3.63, 3.8) is 0 Å². The van der Waals surface area contributed by atoms with Crippen LogP contribution in [0.2, 0.25) is 0 Å². The Hall–Kier alpha value is -1.63. The lowest BCUT2D eigenvalue weighted by Crippen LogP contribution is -2.28. The molecule has 3 N–H and O–H groups in total. The monoisotopic (exact) mass is 229 g/mol. The second-order valence-corrected chi connectivity index (χ2v) is 3.56. The van der Waals surface area contributed by atoms with E-state index in [4.69, 9.17) is 5.11 Å². The van der Waals surface area contributed by atoms with Crippen molar-refractivity contribution in [1.82, 2.24) is 10.3 Å². The topological polar surface area (TPSA) is 91.3 Å². The molecule has 0 aromatic carbocycles. The minimum Gasteiger partial charge on any atom is -0.481 e. The van der Waals surface area contributed by atoms with Crippen molar-refractivity contribution in [2.24, 2.45) is 0 Å². The van der Waals surface area contributed by atoms with Crippen LogP contribution in [0.15, 0.2) is 5.38 Å². The van der Waals surface area contributed by atoms with Crippen LogP contribution in [0.25, 0.3) is 0 Å². The Kier molecular flexibility index (Phi) is 4.04. The van der Waals surface area contributed by atoms with Crippen LogP contribution in [0.1, 0.15) is 12.6 Å². The Morgan fingerprint density at radius 3 is 2.93 bits per heavy atom.